The molecule has 8 rings (SSSR count). The van der Waals surface area contributed by atoms with E-state index < -0.39 is 6.36 Å². The molecule has 5 heterocycles. The topological polar surface area (TPSA) is 86.9 Å². The van der Waals surface area contributed by atoms with Crippen LogP contribution in [0.5, 0.6) is 5.75 Å². The highest BCUT2D eigenvalue weighted by molar-refractivity contribution is 7.16. The van der Waals surface area contributed by atoms with E-state index >= 15 is 0 Å². The minimum Gasteiger partial charge on any atom is -0.465 e. The smallest absolute Gasteiger partial charge is 0.465 e. The van der Waals surface area contributed by atoms with Gasteiger partial charge >= 0.3 is 12.3 Å². The van der Waals surface area contributed by atoms with Gasteiger partial charge in [-0.15, -0.1) is 35.8 Å². The molecule has 3 aromatic heterocycles. The van der Waals surface area contributed by atoms with Crippen molar-refractivity contribution in [3.63, 3.8) is 0 Å². The average molecular weight is 618 g/mol. The summed E-state index contributed by atoms with van der Waals surface area (Å²) >= 11 is 3.05. The first kappa shape index (κ1) is 27.4. The van der Waals surface area contributed by atoms with E-state index in [1.807, 2.05) is 5.38 Å². The lowest BCUT2D eigenvalue weighted by Gasteiger charge is -2.55. The number of alkyl halides is 3. The fraction of sp³-hybridized carbons (Fsp3) is 0.414. The van der Waals surface area contributed by atoms with Crippen molar-refractivity contribution in [3.05, 3.63) is 58.0 Å². The van der Waals surface area contributed by atoms with Crippen molar-refractivity contribution in [2.45, 2.75) is 69.2 Å². The number of rotatable bonds is 9. The van der Waals surface area contributed by atoms with Crippen LogP contribution in [0.25, 0.3) is 21.8 Å². The van der Waals surface area contributed by atoms with Crippen molar-refractivity contribution in [3.8, 4) is 27.6 Å². The summed E-state index contributed by atoms with van der Waals surface area (Å²) in [6.07, 6.45) is -0.200. The van der Waals surface area contributed by atoms with Crippen LogP contribution >= 0.6 is 22.7 Å². The van der Waals surface area contributed by atoms with Crippen LogP contribution in [-0.2, 0) is 16.1 Å². The second-order valence-corrected chi connectivity index (χ2v) is 12.5. The number of carbonyl (C=O) groups excluding carboxylic acids is 1. The van der Waals surface area contributed by atoms with Gasteiger partial charge in [-0.3, -0.25) is 0 Å². The fourth-order valence-electron chi connectivity index (χ4n) is 5.88. The number of carbonyl (C=O) groups is 1. The number of piperidine rings is 1. The zero-order valence-electron chi connectivity index (χ0n) is 22.4. The summed E-state index contributed by atoms with van der Waals surface area (Å²) in [5.41, 5.74) is 2.61. The summed E-state index contributed by atoms with van der Waals surface area (Å²) in [7, 11) is 1.36. The quantitative estimate of drug-likeness (QED) is 0.180. The van der Waals surface area contributed by atoms with Gasteiger partial charge in [0.2, 0.25) is 0 Å². The Bertz CT molecular complexity index is 1600. The van der Waals surface area contributed by atoms with Gasteiger partial charge in [0.05, 0.1) is 36.0 Å². The van der Waals surface area contributed by atoms with E-state index in [2.05, 4.69) is 14.8 Å². The van der Waals surface area contributed by atoms with E-state index in [-0.39, 0.29) is 35.9 Å². The van der Waals surface area contributed by atoms with Gasteiger partial charge in [-0.25, -0.2) is 9.78 Å². The molecule has 4 aliphatic rings. The van der Waals surface area contributed by atoms with E-state index in [1.165, 1.54) is 30.6 Å². The number of fused-ring (bicyclic) bond motifs is 2. The van der Waals surface area contributed by atoms with Crippen molar-refractivity contribution in [1.29, 1.82) is 0 Å². The largest absolute Gasteiger partial charge is 0.573 e. The van der Waals surface area contributed by atoms with Crippen LogP contribution in [0.3, 0.4) is 0 Å². The van der Waals surface area contributed by atoms with Crippen molar-refractivity contribution >= 4 is 33.8 Å². The Hall–Kier alpha value is -3.42. The number of benzene rings is 1. The zero-order valence-corrected chi connectivity index (χ0v) is 24.1. The summed E-state index contributed by atoms with van der Waals surface area (Å²) in [6, 6.07) is 8.38. The Balaban J connectivity index is 1.04. The minimum absolute atomic E-state index is 0.000755. The average Bonchev–Trinajstić information content (AvgIpc) is 3.33. The highest BCUT2D eigenvalue weighted by atomic mass is 32.1. The summed E-state index contributed by atoms with van der Waals surface area (Å²) in [6.45, 7) is 0.206. The molecule has 13 heteroatoms. The Morgan fingerprint density at radius 1 is 1.12 bits per heavy atom. The number of nitrogens with zero attached hydrogens (tertiary/aromatic N) is 3. The van der Waals surface area contributed by atoms with Gasteiger partial charge in [0, 0.05) is 39.9 Å². The minimum atomic E-state index is -4.82. The lowest BCUT2D eigenvalue weighted by Crippen LogP contribution is -2.62. The number of esters is 1. The second kappa shape index (κ2) is 10.7. The number of hydrogen-bond donors (Lipinski definition) is 0. The van der Waals surface area contributed by atoms with E-state index in [0.29, 0.717) is 34.7 Å². The van der Waals surface area contributed by atoms with Gasteiger partial charge in [0.25, 0.3) is 0 Å². The first-order valence-corrected chi connectivity index (χ1v) is 15.4. The SMILES string of the molecule is COC(=O)c1csc(-c2csc(N3[C@@H]4C[C@@H](OCc5c(-c6ccccc6OC(F)(F)F)noc5C5CC5)C[C@H]3C4)n2)c1. The molecule has 0 unspecified atom stereocenters. The summed E-state index contributed by atoms with van der Waals surface area (Å²) in [4.78, 5) is 20.0. The monoisotopic (exact) mass is 617 g/mol. The number of thiophene rings is 1. The molecule has 4 aromatic rings. The molecule has 0 spiro atoms. The van der Waals surface area contributed by atoms with Gasteiger partial charge in [-0.05, 0) is 50.3 Å². The van der Waals surface area contributed by atoms with Crippen LogP contribution in [0.1, 0.15) is 59.7 Å². The fourth-order valence-corrected chi connectivity index (χ4v) is 7.76. The number of hydrogen-bond acceptors (Lipinski definition) is 10. The van der Waals surface area contributed by atoms with E-state index in [1.54, 1.807) is 34.9 Å². The van der Waals surface area contributed by atoms with Crippen LogP contribution in [-0.4, -0.2) is 47.8 Å². The maximum absolute atomic E-state index is 13.1. The molecule has 0 amide bonds. The highest BCUT2D eigenvalue weighted by Gasteiger charge is 2.47. The van der Waals surface area contributed by atoms with Crippen LogP contribution in [0.15, 0.2) is 45.6 Å². The predicted molar refractivity (Wildman–Crippen MR) is 150 cm³/mol. The van der Waals surface area contributed by atoms with Gasteiger partial charge in [-0.1, -0.05) is 17.3 Å². The molecule has 2 bridgehead atoms. The first-order valence-electron chi connectivity index (χ1n) is 13.6. The van der Waals surface area contributed by atoms with E-state index in [0.717, 1.165) is 47.8 Å². The van der Waals surface area contributed by atoms with Crippen LogP contribution in [0, 0.1) is 0 Å². The summed E-state index contributed by atoms with van der Waals surface area (Å²) in [5.74, 6) is 0.219. The molecule has 2 aliphatic carbocycles. The number of thiazole rings is 1. The molecule has 3 atom stereocenters. The third kappa shape index (κ3) is 5.29. The maximum atomic E-state index is 13.1. The van der Waals surface area contributed by atoms with Crippen molar-refractivity contribution < 1.29 is 36.7 Å². The molecular weight excluding hydrogens is 591 g/mol. The van der Waals surface area contributed by atoms with Gasteiger partial charge in [-0.2, -0.15) is 0 Å². The molecule has 0 N–H and O–H groups in total. The zero-order chi connectivity index (χ0) is 29.0. The molecular formula is C29H26F3N3O5S2. The van der Waals surface area contributed by atoms with Crippen LogP contribution in [0.4, 0.5) is 18.3 Å². The number of anilines is 1. The Kier molecular flexibility index (Phi) is 6.98. The van der Waals surface area contributed by atoms with Gasteiger partial charge < -0.3 is 23.6 Å². The normalized spacial score (nSPS) is 21.7. The lowest BCUT2D eigenvalue weighted by atomic mass is 9.78. The Morgan fingerprint density at radius 2 is 1.90 bits per heavy atom. The summed E-state index contributed by atoms with van der Waals surface area (Å²) in [5, 5.41) is 8.92. The van der Waals surface area contributed by atoms with Crippen LogP contribution in [0.2, 0.25) is 0 Å². The molecule has 2 saturated carbocycles. The van der Waals surface area contributed by atoms with Crippen molar-refractivity contribution in [2.75, 3.05) is 12.0 Å². The molecule has 8 nitrogen and oxygen atoms in total. The molecule has 2 aliphatic heterocycles. The maximum Gasteiger partial charge on any atom is 0.573 e. The molecule has 1 aromatic carbocycles. The molecule has 0 radical (unpaired) electrons. The third-order valence-electron chi connectivity index (χ3n) is 7.98. The number of para-hydroxylation sites is 1. The second-order valence-electron chi connectivity index (χ2n) is 10.8. The Labute approximate surface area is 247 Å². The summed E-state index contributed by atoms with van der Waals surface area (Å²) < 4.78 is 60.4. The third-order valence-corrected chi connectivity index (χ3v) is 9.79. The van der Waals surface area contributed by atoms with E-state index in [9.17, 15) is 18.0 Å². The number of ether oxygens (including phenoxy) is 3. The number of halogens is 3. The molecule has 42 heavy (non-hydrogen) atoms. The first-order chi connectivity index (χ1) is 20.3. The Morgan fingerprint density at radius 3 is 2.64 bits per heavy atom. The van der Waals surface area contributed by atoms with Gasteiger partial charge in [0.1, 0.15) is 17.2 Å². The van der Waals surface area contributed by atoms with Crippen molar-refractivity contribution in [2.24, 2.45) is 0 Å². The molecule has 4 fully saturated rings. The number of aromatic nitrogens is 2. The molecule has 2 saturated heterocycles. The van der Waals surface area contributed by atoms with Crippen molar-refractivity contribution in [1.82, 2.24) is 10.1 Å². The van der Waals surface area contributed by atoms with Gasteiger partial charge in [0.15, 0.2) is 5.13 Å². The highest BCUT2D eigenvalue weighted by Crippen LogP contribution is 2.48. The molecule has 220 valence electrons. The standard InChI is InChI=1S/C29H26F3N3O5S2/c1-37-27(36)16-8-24(41-13-16)22-14-42-28(33-22)35-17-9-18(35)11-19(10-17)38-12-21-25(34-40-26(21)15-6-7-15)20-4-2-3-5-23(20)39-29(30,31)32/h2-5,8,13-15,17-19H,6-7,9-12H2,1H3/t17-,18+,19+. The van der Waals surface area contributed by atoms with Crippen LogP contribution < -0.4 is 9.64 Å². The predicted octanol–water partition coefficient (Wildman–Crippen LogP) is 7.42. The number of methoxy groups -OCH3 is 1. The lowest BCUT2D eigenvalue weighted by molar-refractivity contribution is -0.274. The van der Waals surface area contributed by atoms with E-state index in [4.69, 9.17) is 19.0 Å².